The molecule has 0 aliphatic rings. The van der Waals surface area contributed by atoms with E-state index in [4.69, 9.17) is 16.3 Å². The molecule has 1 amide bonds. The van der Waals surface area contributed by atoms with Gasteiger partial charge in [-0.15, -0.1) is 11.3 Å². The maximum atomic E-state index is 12.4. The minimum absolute atomic E-state index is 0.170. The van der Waals surface area contributed by atoms with Crippen LogP contribution >= 0.6 is 22.9 Å². The number of hydrogen-bond acceptors (Lipinski definition) is 4. The molecular weight excluding hydrogens is 416 g/mol. The molecule has 0 radical (unpaired) electrons. The van der Waals surface area contributed by atoms with E-state index in [2.05, 4.69) is 10.3 Å². The van der Waals surface area contributed by atoms with Crippen LogP contribution in [0.5, 0.6) is 11.5 Å². The van der Waals surface area contributed by atoms with Crippen molar-refractivity contribution in [1.82, 2.24) is 10.3 Å². The molecule has 3 aromatic carbocycles. The summed E-state index contributed by atoms with van der Waals surface area (Å²) in [4.78, 5) is 16.9. The van der Waals surface area contributed by atoms with Gasteiger partial charge in [-0.25, -0.2) is 4.98 Å². The number of carbonyl (C=O) groups is 1. The largest absolute Gasteiger partial charge is 0.457 e. The fourth-order valence-electron chi connectivity index (χ4n) is 2.92. The molecule has 1 N–H and O–H groups in total. The minimum Gasteiger partial charge on any atom is -0.457 e. The molecule has 6 heteroatoms. The molecule has 30 heavy (non-hydrogen) atoms. The molecule has 0 unspecified atom stereocenters. The molecule has 1 heterocycles. The van der Waals surface area contributed by atoms with Crippen molar-refractivity contribution < 1.29 is 9.53 Å². The molecule has 0 aliphatic heterocycles. The molecule has 0 spiro atoms. The molecular formula is C24H19ClN2O2S. The number of benzene rings is 3. The van der Waals surface area contributed by atoms with Crippen molar-refractivity contribution in [3.05, 3.63) is 99.8 Å². The van der Waals surface area contributed by atoms with Gasteiger partial charge in [-0.2, -0.15) is 0 Å². The third kappa shape index (κ3) is 5.26. The third-order valence-electron chi connectivity index (χ3n) is 4.42. The van der Waals surface area contributed by atoms with E-state index < -0.39 is 0 Å². The number of para-hydroxylation sites is 1. The first kappa shape index (κ1) is 20.1. The van der Waals surface area contributed by atoms with E-state index in [1.165, 1.54) is 11.3 Å². The highest BCUT2D eigenvalue weighted by molar-refractivity contribution is 7.12. The Hall–Kier alpha value is -3.15. The number of nitrogens with zero attached hydrogens (tertiary/aromatic N) is 1. The van der Waals surface area contributed by atoms with E-state index in [0.29, 0.717) is 23.0 Å². The number of nitrogens with one attached hydrogen (secondary N) is 1. The second-order valence-corrected chi connectivity index (χ2v) is 7.91. The Balaban J connectivity index is 1.32. The molecule has 0 bridgehead atoms. The van der Waals surface area contributed by atoms with Crippen molar-refractivity contribution in [1.29, 1.82) is 0 Å². The van der Waals surface area contributed by atoms with E-state index in [1.54, 1.807) is 0 Å². The molecule has 0 fully saturated rings. The second-order valence-electron chi connectivity index (χ2n) is 6.61. The third-order valence-corrected chi connectivity index (χ3v) is 5.51. The fraction of sp³-hybridized carbons (Fsp3) is 0.0833. The van der Waals surface area contributed by atoms with E-state index in [9.17, 15) is 4.79 Å². The molecule has 0 atom stereocenters. The van der Waals surface area contributed by atoms with E-state index in [-0.39, 0.29) is 5.91 Å². The average molecular weight is 435 g/mol. The fourth-order valence-corrected chi connectivity index (χ4v) is 3.78. The number of rotatable bonds is 7. The van der Waals surface area contributed by atoms with Gasteiger partial charge in [0.1, 0.15) is 11.5 Å². The van der Waals surface area contributed by atoms with Crippen molar-refractivity contribution in [3.8, 4) is 22.8 Å². The molecule has 150 valence electrons. The first-order valence-electron chi connectivity index (χ1n) is 9.49. The summed E-state index contributed by atoms with van der Waals surface area (Å²) < 4.78 is 5.86. The summed E-state index contributed by atoms with van der Waals surface area (Å²) in [7, 11) is 0. The number of aromatic nitrogens is 1. The Morgan fingerprint density at radius 2 is 1.73 bits per heavy atom. The molecule has 0 saturated carbocycles. The number of ether oxygens (including phenoxy) is 1. The van der Waals surface area contributed by atoms with E-state index >= 15 is 0 Å². The highest BCUT2D eigenvalue weighted by atomic mass is 35.5. The van der Waals surface area contributed by atoms with Crippen LogP contribution < -0.4 is 10.1 Å². The minimum atomic E-state index is -0.170. The maximum absolute atomic E-state index is 12.4. The number of halogens is 1. The summed E-state index contributed by atoms with van der Waals surface area (Å²) in [6, 6.07) is 24.9. The standard InChI is InChI=1S/C24H19ClN2O2S/c25-19-11-9-18(10-12-19)22-16-30-24(27-22)23(28)26-14-13-17-5-4-8-21(15-17)29-20-6-2-1-3-7-20/h1-12,15-16H,13-14H2,(H,26,28). The Bertz CT molecular complexity index is 1130. The lowest BCUT2D eigenvalue weighted by Gasteiger charge is -2.08. The summed E-state index contributed by atoms with van der Waals surface area (Å²) in [5.74, 6) is 1.40. The SMILES string of the molecule is O=C(NCCc1cccc(Oc2ccccc2)c1)c1nc(-c2ccc(Cl)cc2)cs1. The smallest absolute Gasteiger partial charge is 0.280 e. The van der Waals surface area contributed by atoms with Crippen LogP contribution in [0.2, 0.25) is 5.02 Å². The molecule has 0 aliphatic carbocycles. The van der Waals surface area contributed by atoms with Gasteiger partial charge in [0.2, 0.25) is 0 Å². The van der Waals surface area contributed by atoms with Gasteiger partial charge in [-0.05, 0) is 48.4 Å². The zero-order chi connectivity index (χ0) is 20.8. The summed E-state index contributed by atoms with van der Waals surface area (Å²) in [6.07, 6.45) is 0.702. The first-order chi connectivity index (χ1) is 14.7. The predicted molar refractivity (Wildman–Crippen MR) is 122 cm³/mol. The van der Waals surface area contributed by atoms with Gasteiger partial charge in [-0.3, -0.25) is 4.79 Å². The van der Waals surface area contributed by atoms with Gasteiger partial charge in [0.05, 0.1) is 5.69 Å². The summed E-state index contributed by atoms with van der Waals surface area (Å²) in [5, 5.41) is 5.93. The van der Waals surface area contributed by atoms with Crippen LogP contribution in [0.15, 0.2) is 84.2 Å². The summed E-state index contributed by atoms with van der Waals surface area (Å²) in [5.41, 5.74) is 2.79. The normalized spacial score (nSPS) is 10.6. The average Bonchev–Trinajstić information content (AvgIpc) is 3.26. The number of amides is 1. The number of hydrogen-bond donors (Lipinski definition) is 1. The lowest BCUT2D eigenvalue weighted by atomic mass is 10.1. The Labute approximate surface area is 184 Å². The highest BCUT2D eigenvalue weighted by Gasteiger charge is 2.12. The van der Waals surface area contributed by atoms with Crippen molar-refractivity contribution in [2.75, 3.05) is 6.54 Å². The van der Waals surface area contributed by atoms with Crippen molar-refractivity contribution in [3.63, 3.8) is 0 Å². The van der Waals surface area contributed by atoms with Gasteiger partial charge in [-0.1, -0.05) is 54.1 Å². The van der Waals surface area contributed by atoms with Gasteiger partial charge < -0.3 is 10.1 Å². The Kier molecular flexibility index (Phi) is 6.42. The summed E-state index contributed by atoms with van der Waals surface area (Å²) in [6.45, 7) is 0.517. The predicted octanol–water partition coefficient (Wildman–Crippen LogP) is 6.23. The highest BCUT2D eigenvalue weighted by Crippen LogP contribution is 2.24. The zero-order valence-corrected chi connectivity index (χ0v) is 17.6. The lowest BCUT2D eigenvalue weighted by molar-refractivity contribution is 0.0954. The van der Waals surface area contributed by atoms with Crippen molar-refractivity contribution in [2.24, 2.45) is 0 Å². The van der Waals surface area contributed by atoms with Gasteiger partial charge in [0.15, 0.2) is 5.01 Å². The number of thiazole rings is 1. The van der Waals surface area contributed by atoms with Crippen LogP contribution in [0, 0.1) is 0 Å². The van der Waals surface area contributed by atoms with Crippen LogP contribution in [-0.4, -0.2) is 17.4 Å². The molecule has 4 aromatic rings. The molecule has 1 aromatic heterocycles. The molecule has 4 nitrogen and oxygen atoms in total. The quantitative estimate of drug-likeness (QED) is 0.375. The van der Waals surface area contributed by atoms with Crippen LogP contribution in [0.1, 0.15) is 15.4 Å². The zero-order valence-electron chi connectivity index (χ0n) is 16.0. The van der Waals surface area contributed by atoms with E-state index in [1.807, 2.05) is 84.2 Å². The Morgan fingerprint density at radius 1 is 0.967 bits per heavy atom. The van der Waals surface area contributed by atoms with Crippen LogP contribution in [0.4, 0.5) is 0 Å². The topological polar surface area (TPSA) is 51.2 Å². The van der Waals surface area contributed by atoms with Gasteiger partial charge >= 0.3 is 0 Å². The van der Waals surface area contributed by atoms with E-state index in [0.717, 1.165) is 28.3 Å². The van der Waals surface area contributed by atoms with Crippen LogP contribution in [0.3, 0.4) is 0 Å². The monoisotopic (exact) mass is 434 g/mol. The molecule has 4 rings (SSSR count). The van der Waals surface area contributed by atoms with Gasteiger partial charge in [0.25, 0.3) is 5.91 Å². The van der Waals surface area contributed by atoms with Crippen LogP contribution in [-0.2, 0) is 6.42 Å². The maximum Gasteiger partial charge on any atom is 0.280 e. The van der Waals surface area contributed by atoms with Gasteiger partial charge in [0, 0.05) is 22.5 Å². The van der Waals surface area contributed by atoms with Crippen molar-refractivity contribution in [2.45, 2.75) is 6.42 Å². The lowest BCUT2D eigenvalue weighted by Crippen LogP contribution is -2.25. The Morgan fingerprint density at radius 3 is 2.53 bits per heavy atom. The number of carbonyl (C=O) groups excluding carboxylic acids is 1. The summed E-state index contributed by atoms with van der Waals surface area (Å²) >= 11 is 7.25. The first-order valence-corrected chi connectivity index (χ1v) is 10.7. The van der Waals surface area contributed by atoms with Crippen molar-refractivity contribution >= 4 is 28.8 Å². The second kappa shape index (κ2) is 9.57. The van der Waals surface area contributed by atoms with Crippen LogP contribution in [0.25, 0.3) is 11.3 Å². The molecule has 0 saturated heterocycles.